The van der Waals surface area contributed by atoms with Gasteiger partial charge in [-0.25, -0.2) is 0 Å². The average molecular weight is 281 g/mol. The van der Waals surface area contributed by atoms with E-state index in [0.29, 0.717) is 6.04 Å². The van der Waals surface area contributed by atoms with Crippen LogP contribution in [0.5, 0.6) is 0 Å². The Labute approximate surface area is 127 Å². The number of hydrogen-bond acceptors (Lipinski definition) is 2. The lowest BCUT2D eigenvalue weighted by Gasteiger charge is -2.37. The van der Waals surface area contributed by atoms with E-state index in [1.807, 2.05) is 30.3 Å². The molecule has 1 heterocycles. The Bertz CT molecular complexity index is 581. The predicted molar refractivity (Wildman–Crippen MR) is 87.6 cm³/mol. The van der Waals surface area contributed by atoms with E-state index in [0.717, 1.165) is 24.9 Å². The van der Waals surface area contributed by atoms with Gasteiger partial charge in [0.05, 0.1) is 6.10 Å². The molecular formula is C19H23NO. The molecule has 0 saturated carbocycles. The molecule has 0 spiro atoms. The van der Waals surface area contributed by atoms with Gasteiger partial charge in [-0.1, -0.05) is 48.5 Å². The van der Waals surface area contributed by atoms with Crippen LogP contribution in [0.1, 0.15) is 37.0 Å². The smallest absolute Gasteiger partial charge is 0.0806 e. The number of fused-ring (bicyclic) bond motifs is 1. The van der Waals surface area contributed by atoms with Crippen molar-refractivity contribution in [3.05, 3.63) is 65.7 Å². The van der Waals surface area contributed by atoms with Crippen molar-refractivity contribution in [2.45, 2.75) is 38.3 Å². The molecule has 0 radical (unpaired) electrons. The predicted octanol–water partition coefficient (Wildman–Crippen LogP) is 3.95. The highest BCUT2D eigenvalue weighted by atomic mass is 16.3. The molecule has 2 aromatic carbocycles. The molecule has 0 bridgehead atoms. The van der Waals surface area contributed by atoms with Crippen LogP contribution in [0, 0.1) is 0 Å². The first-order valence-corrected chi connectivity index (χ1v) is 7.83. The summed E-state index contributed by atoms with van der Waals surface area (Å²) in [6.07, 6.45) is 2.74. The van der Waals surface area contributed by atoms with Gasteiger partial charge in [0.25, 0.3) is 0 Å². The van der Waals surface area contributed by atoms with E-state index >= 15 is 0 Å². The first-order valence-electron chi connectivity index (χ1n) is 7.83. The molecule has 1 aliphatic rings. The van der Waals surface area contributed by atoms with Crippen LogP contribution in [0.3, 0.4) is 0 Å². The summed E-state index contributed by atoms with van der Waals surface area (Å²) in [5.74, 6) is 0. The summed E-state index contributed by atoms with van der Waals surface area (Å²) in [5, 5.41) is 10.4. The Balaban J connectivity index is 1.70. The van der Waals surface area contributed by atoms with Gasteiger partial charge in [0, 0.05) is 18.3 Å². The molecule has 2 heteroatoms. The second-order valence-corrected chi connectivity index (χ2v) is 5.92. The topological polar surface area (TPSA) is 23.5 Å². The second-order valence-electron chi connectivity index (χ2n) is 5.92. The van der Waals surface area contributed by atoms with Crippen LogP contribution in [0.25, 0.3) is 0 Å². The summed E-state index contributed by atoms with van der Waals surface area (Å²) in [6, 6.07) is 19.2. The summed E-state index contributed by atoms with van der Waals surface area (Å²) < 4.78 is 0. The Morgan fingerprint density at radius 3 is 2.62 bits per heavy atom. The number of rotatable bonds is 4. The van der Waals surface area contributed by atoms with Gasteiger partial charge in [-0.05, 0) is 43.4 Å². The number of para-hydroxylation sites is 1. The van der Waals surface area contributed by atoms with Crippen LogP contribution < -0.4 is 4.90 Å². The lowest BCUT2D eigenvalue weighted by molar-refractivity contribution is 0.168. The summed E-state index contributed by atoms with van der Waals surface area (Å²) in [5.41, 5.74) is 3.79. The molecule has 21 heavy (non-hydrogen) atoms. The minimum Gasteiger partial charge on any atom is -0.388 e. The minimum absolute atomic E-state index is 0.382. The van der Waals surface area contributed by atoms with Gasteiger partial charge >= 0.3 is 0 Å². The molecular weight excluding hydrogens is 258 g/mol. The molecule has 3 rings (SSSR count). The van der Waals surface area contributed by atoms with Crippen LogP contribution in [-0.2, 0) is 6.42 Å². The van der Waals surface area contributed by atoms with E-state index in [-0.39, 0.29) is 6.10 Å². The van der Waals surface area contributed by atoms with E-state index in [2.05, 4.69) is 36.1 Å². The van der Waals surface area contributed by atoms with Crippen molar-refractivity contribution < 1.29 is 5.11 Å². The zero-order valence-electron chi connectivity index (χ0n) is 12.6. The van der Waals surface area contributed by atoms with E-state index in [1.54, 1.807) is 0 Å². The van der Waals surface area contributed by atoms with Crippen molar-refractivity contribution in [1.82, 2.24) is 0 Å². The second kappa shape index (κ2) is 6.31. The third-order valence-electron chi connectivity index (χ3n) is 4.49. The lowest BCUT2D eigenvalue weighted by atomic mass is 9.96. The summed E-state index contributed by atoms with van der Waals surface area (Å²) in [4.78, 5) is 2.45. The number of aliphatic hydroxyl groups is 1. The van der Waals surface area contributed by atoms with Gasteiger partial charge in [0.2, 0.25) is 0 Å². The number of nitrogens with zero attached hydrogens (tertiary/aromatic N) is 1. The first-order chi connectivity index (χ1) is 10.3. The zero-order chi connectivity index (χ0) is 14.7. The number of hydrogen-bond donors (Lipinski definition) is 1. The maximum Gasteiger partial charge on any atom is 0.0806 e. The quantitative estimate of drug-likeness (QED) is 0.917. The van der Waals surface area contributed by atoms with Crippen molar-refractivity contribution in [2.24, 2.45) is 0 Å². The van der Waals surface area contributed by atoms with Crippen LogP contribution in [0.2, 0.25) is 0 Å². The maximum atomic E-state index is 10.4. The molecule has 2 unspecified atom stereocenters. The van der Waals surface area contributed by atoms with E-state index in [9.17, 15) is 5.11 Å². The fraction of sp³-hybridized carbons (Fsp3) is 0.368. The molecule has 2 aromatic rings. The van der Waals surface area contributed by atoms with E-state index < -0.39 is 0 Å². The van der Waals surface area contributed by atoms with Gasteiger partial charge < -0.3 is 10.0 Å². The largest absolute Gasteiger partial charge is 0.388 e. The lowest BCUT2D eigenvalue weighted by Crippen LogP contribution is -2.38. The van der Waals surface area contributed by atoms with E-state index in [4.69, 9.17) is 0 Å². The summed E-state index contributed by atoms with van der Waals surface area (Å²) >= 11 is 0. The summed E-state index contributed by atoms with van der Waals surface area (Å²) in [6.45, 7) is 3.18. The first kappa shape index (κ1) is 14.2. The maximum absolute atomic E-state index is 10.4. The molecule has 2 nitrogen and oxygen atoms in total. The van der Waals surface area contributed by atoms with E-state index in [1.165, 1.54) is 17.7 Å². The third-order valence-corrected chi connectivity index (χ3v) is 4.49. The normalized spacial score (nSPS) is 19.1. The summed E-state index contributed by atoms with van der Waals surface area (Å²) in [7, 11) is 0. The van der Waals surface area contributed by atoms with Crippen LogP contribution in [0.15, 0.2) is 54.6 Å². The fourth-order valence-electron chi connectivity index (χ4n) is 3.20. The molecule has 1 N–H and O–H groups in total. The number of aryl methyl sites for hydroxylation is 1. The van der Waals surface area contributed by atoms with Gasteiger partial charge in [0.1, 0.15) is 0 Å². The van der Waals surface area contributed by atoms with Crippen LogP contribution in [-0.4, -0.2) is 17.7 Å². The SMILES string of the molecule is CC1CCc2ccccc2N1CCC(O)c1ccccc1. The Morgan fingerprint density at radius 1 is 1.10 bits per heavy atom. The highest BCUT2D eigenvalue weighted by Crippen LogP contribution is 2.31. The standard InChI is InChI=1S/C19H23NO/c1-15-11-12-16-7-5-6-10-18(16)20(15)14-13-19(21)17-8-3-2-4-9-17/h2-10,15,19,21H,11-14H2,1H3. The Morgan fingerprint density at radius 2 is 1.81 bits per heavy atom. The van der Waals surface area contributed by atoms with Crippen LogP contribution >= 0.6 is 0 Å². The van der Waals surface area contributed by atoms with Gasteiger partial charge in [-0.15, -0.1) is 0 Å². The number of benzene rings is 2. The number of anilines is 1. The van der Waals surface area contributed by atoms with Gasteiger partial charge in [-0.2, -0.15) is 0 Å². The van der Waals surface area contributed by atoms with Gasteiger partial charge in [-0.3, -0.25) is 0 Å². The monoisotopic (exact) mass is 281 g/mol. The number of aliphatic hydroxyl groups excluding tert-OH is 1. The van der Waals surface area contributed by atoms with Crippen molar-refractivity contribution in [3.8, 4) is 0 Å². The molecule has 0 aliphatic carbocycles. The Kier molecular flexibility index (Phi) is 4.26. The molecule has 0 amide bonds. The average Bonchev–Trinajstić information content (AvgIpc) is 2.54. The highest BCUT2D eigenvalue weighted by Gasteiger charge is 2.23. The molecule has 0 saturated heterocycles. The highest BCUT2D eigenvalue weighted by molar-refractivity contribution is 5.56. The molecule has 2 atom stereocenters. The minimum atomic E-state index is -0.382. The molecule has 0 aromatic heterocycles. The fourth-order valence-corrected chi connectivity index (χ4v) is 3.20. The zero-order valence-corrected chi connectivity index (χ0v) is 12.6. The molecule has 0 fully saturated rings. The van der Waals surface area contributed by atoms with Crippen molar-refractivity contribution in [1.29, 1.82) is 0 Å². The van der Waals surface area contributed by atoms with Crippen molar-refractivity contribution >= 4 is 5.69 Å². The van der Waals surface area contributed by atoms with Crippen molar-refractivity contribution in [2.75, 3.05) is 11.4 Å². The Hall–Kier alpha value is -1.80. The molecule has 1 aliphatic heterocycles. The third kappa shape index (κ3) is 3.11. The van der Waals surface area contributed by atoms with Gasteiger partial charge in [0.15, 0.2) is 0 Å². The molecule has 110 valence electrons. The van der Waals surface area contributed by atoms with Crippen molar-refractivity contribution in [3.63, 3.8) is 0 Å². The van der Waals surface area contributed by atoms with Crippen LogP contribution in [0.4, 0.5) is 5.69 Å².